The summed E-state index contributed by atoms with van der Waals surface area (Å²) in [5.41, 5.74) is -0.652. The Hall–Kier alpha value is -1.29. The number of rotatable bonds is 2. The van der Waals surface area contributed by atoms with Crippen molar-refractivity contribution in [2.75, 3.05) is 0 Å². The fraction of sp³-hybridized carbons (Fsp3) is 0. The third-order valence-corrected chi connectivity index (χ3v) is 1.20. The van der Waals surface area contributed by atoms with E-state index in [0.717, 1.165) is 18.3 Å². The first-order valence-electron chi connectivity index (χ1n) is 3.00. The minimum atomic E-state index is -1.52. The van der Waals surface area contributed by atoms with E-state index in [2.05, 4.69) is 4.98 Å². The number of hydrogen-bond donors (Lipinski definition) is 0. The number of aromatic carboxylic acids is 2. The molecular weight excluding hydrogens is 227 g/mol. The predicted octanol–water partition coefficient (Wildman–Crippen LogP) is -2.19. The standard InChI is InChI=1S/C7H5NO4.Zn/c9-6(10)4-1-2-8-5(3-4)7(11)12;/h1-3H,(H,9,10)(H,11,12);/q;+2/p-2. The summed E-state index contributed by atoms with van der Waals surface area (Å²) in [6.07, 6.45) is 1.07. The molecule has 0 aliphatic heterocycles. The molecule has 5 nitrogen and oxygen atoms in total. The van der Waals surface area contributed by atoms with Crippen molar-refractivity contribution in [3.63, 3.8) is 0 Å². The van der Waals surface area contributed by atoms with Crippen molar-refractivity contribution in [3.05, 3.63) is 29.6 Å². The van der Waals surface area contributed by atoms with Gasteiger partial charge in [0.2, 0.25) is 0 Å². The van der Waals surface area contributed by atoms with Crippen LogP contribution in [0.3, 0.4) is 0 Å². The van der Waals surface area contributed by atoms with Crippen LogP contribution in [0, 0.1) is 0 Å². The van der Waals surface area contributed by atoms with Gasteiger partial charge in [0.1, 0.15) is 0 Å². The number of carbonyl (C=O) groups excluding carboxylic acids is 2. The van der Waals surface area contributed by atoms with Gasteiger partial charge < -0.3 is 19.8 Å². The first-order valence-corrected chi connectivity index (χ1v) is 3.00. The molecule has 0 aliphatic rings. The third kappa shape index (κ3) is 2.91. The second-order valence-electron chi connectivity index (χ2n) is 2.00. The van der Waals surface area contributed by atoms with Gasteiger partial charge in [-0.05, 0) is 12.1 Å². The summed E-state index contributed by atoms with van der Waals surface area (Å²) in [5.74, 6) is -2.96. The Morgan fingerprint density at radius 3 is 2.31 bits per heavy atom. The molecule has 0 spiro atoms. The van der Waals surface area contributed by atoms with E-state index in [1.54, 1.807) is 0 Å². The molecule has 1 heterocycles. The maximum absolute atomic E-state index is 10.2. The minimum absolute atomic E-state index is 0. The Morgan fingerprint density at radius 1 is 1.23 bits per heavy atom. The van der Waals surface area contributed by atoms with Crippen LogP contribution in [0.1, 0.15) is 20.8 Å². The molecule has 0 saturated heterocycles. The van der Waals surface area contributed by atoms with E-state index in [4.69, 9.17) is 0 Å². The smallest absolute Gasteiger partial charge is 0.545 e. The Labute approximate surface area is 86.2 Å². The SMILES string of the molecule is O=C([O-])c1ccnc(C(=O)[O-])c1.[Zn+2]. The van der Waals surface area contributed by atoms with Gasteiger partial charge in [0.25, 0.3) is 0 Å². The molecule has 0 aromatic carbocycles. The van der Waals surface area contributed by atoms with Gasteiger partial charge in [0, 0.05) is 11.8 Å². The number of carbonyl (C=O) groups is 2. The van der Waals surface area contributed by atoms with Gasteiger partial charge in [-0.3, -0.25) is 4.98 Å². The van der Waals surface area contributed by atoms with Gasteiger partial charge in [-0.1, -0.05) is 0 Å². The monoisotopic (exact) mass is 229 g/mol. The van der Waals surface area contributed by atoms with Crippen molar-refractivity contribution in [2.45, 2.75) is 0 Å². The Morgan fingerprint density at radius 2 is 1.85 bits per heavy atom. The number of aromatic nitrogens is 1. The molecule has 0 aliphatic carbocycles. The van der Waals surface area contributed by atoms with Gasteiger partial charge in [0.15, 0.2) is 0 Å². The predicted molar refractivity (Wildman–Crippen MR) is 32.9 cm³/mol. The maximum atomic E-state index is 10.2. The molecule has 6 heteroatoms. The van der Waals surface area contributed by atoms with E-state index in [0.29, 0.717) is 0 Å². The van der Waals surface area contributed by atoms with Crippen LogP contribution < -0.4 is 10.2 Å². The molecule has 1 aromatic rings. The Bertz CT molecular complexity index is 310. The van der Waals surface area contributed by atoms with Crippen LogP contribution in [-0.2, 0) is 19.5 Å². The summed E-state index contributed by atoms with van der Waals surface area (Å²) in [7, 11) is 0. The molecule has 0 bridgehead atoms. The van der Waals surface area contributed by atoms with Crippen LogP contribution in [0.5, 0.6) is 0 Å². The van der Waals surface area contributed by atoms with Gasteiger partial charge in [0.05, 0.1) is 17.6 Å². The van der Waals surface area contributed by atoms with Crippen LogP contribution in [0.25, 0.3) is 0 Å². The average molecular weight is 230 g/mol. The fourth-order valence-electron chi connectivity index (χ4n) is 0.669. The molecule has 0 N–H and O–H groups in total. The first kappa shape index (κ1) is 11.7. The van der Waals surface area contributed by atoms with Crippen molar-refractivity contribution in [3.8, 4) is 0 Å². The van der Waals surface area contributed by atoms with Crippen LogP contribution in [0.15, 0.2) is 18.3 Å². The van der Waals surface area contributed by atoms with Gasteiger partial charge in [-0.15, -0.1) is 0 Å². The largest absolute Gasteiger partial charge is 2.00 e. The van der Waals surface area contributed by atoms with Crippen molar-refractivity contribution in [2.24, 2.45) is 0 Å². The summed E-state index contributed by atoms with van der Waals surface area (Å²) < 4.78 is 0. The second-order valence-corrected chi connectivity index (χ2v) is 2.00. The molecule has 0 atom stereocenters. The zero-order valence-corrected chi connectivity index (χ0v) is 9.49. The van der Waals surface area contributed by atoms with Gasteiger partial charge >= 0.3 is 19.5 Å². The number of nitrogens with zero attached hydrogens (tertiary/aromatic N) is 1. The van der Waals surface area contributed by atoms with E-state index in [1.165, 1.54) is 0 Å². The zero-order valence-electron chi connectivity index (χ0n) is 6.52. The Kier molecular flexibility index (Phi) is 4.21. The molecule has 62 valence electrons. The van der Waals surface area contributed by atoms with Crippen LogP contribution in [0.2, 0.25) is 0 Å². The first-order chi connectivity index (χ1) is 5.61. The summed E-state index contributed by atoms with van der Waals surface area (Å²) in [5, 5.41) is 20.4. The van der Waals surface area contributed by atoms with Crippen molar-refractivity contribution in [1.82, 2.24) is 4.98 Å². The molecule has 0 unspecified atom stereocenters. The van der Waals surface area contributed by atoms with E-state index in [-0.39, 0.29) is 25.0 Å². The summed E-state index contributed by atoms with van der Waals surface area (Å²) in [6, 6.07) is 2.02. The summed E-state index contributed by atoms with van der Waals surface area (Å²) in [4.78, 5) is 23.8. The maximum Gasteiger partial charge on any atom is 2.00 e. The molecule has 0 fully saturated rings. The molecule has 1 aromatic heterocycles. The second kappa shape index (κ2) is 4.67. The Balaban J connectivity index is 0.00000144. The topological polar surface area (TPSA) is 93.2 Å². The average Bonchev–Trinajstić information content (AvgIpc) is 2.04. The van der Waals surface area contributed by atoms with E-state index >= 15 is 0 Å². The summed E-state index contributed by atoms with van der Waals surface area (Å²) >= 11 is 0. The molecule has 0 radical (unpaired) electrons. The van der Waals surface area contributed by atoms with E-state index < -0.39 is 17.6 Å². The van der Waals surface area contributed by atoms with Crippen LogP contribution in [0.4, 0.5) is 0 Å². The quantitative estimate of drug-likeness (QED) is 0.538. The number of carboxylic acids is 2. The van der Waals surface area contributed by atoms with Crippen molar-refractivity contribution < 1.29 is 39.3 Å². The molecule has 0 saturated carbocycles. The fourth-order valence-corrected chi connectivity index (χ4v) is 0.669. The van der Waals surface area contributed by atoms with Crippen molar-refractivity contribution in [1.29, 1.82) is 0 Å². The van der Waals surface area contributed by atoms with Crippen LogP contribution >= 0.6 is 0 Å². The number of hydrogen-bond acceptors (Lipinski definition) is 5. The van der Waals surface area contributed by atoms with E-state index in [1.807, 2.05) is 0 Å². The molecular formula is C7H3NO4Zn. The van der Waals surface area contributed by atoms with Crippen molar-refractivity contribution >= 4 is 11.9 Å². The number of pyridine rings is 1. The normalized spacial score (nSPS) is 8.62. The molecule has 1 rings (SSSR count). The molecule has 0 amide bonds. The summed E-state index contributed by atoms with van der Waals surface area (Å²) in [6.45, 7) is 0. The third-order valence-electron chi connectivity index (χ3n) is 1.20. The molecule has 13 heavy (non-hydrogen) atoms. The van der Waals surface area contributed by atoms with E-state index in [9.17, 15) is 19.8 Å². The van der Waals surface area contributed by atoms with Gasteiger partial charge in [-0.25, -0.2) is 0 Å². The van der Waals surface area contributed by atoms with Crippen LogP contribution in [-0.4, -0.2) is 16.9 Å². The zero-order chi connectivity index (χ0) is 9.14. The van der Waals surface area contributed by atoms with Gasteiger partial charge in [-0.2, -0.15) is 0 Å². The minimum Gasteiger partial charge on any atom is -0.545 e. The number of carboxylic acid groups (broad SMARTS) is 2.